The Kier molecular flexibility index (Phi) is 4.11. The van der Waals surface area contributed by atoms with Crippen molar-refractivity contribution in [2.24, 2.45) is 0 Å². The average molecular weight is 287 g/mol. The molecule has 0 N–H and O–H groups in total. The highest BCUT2D eigenvalue weighted by Gasteiger charge is 2.14. The minimum atomic E-state index is -2.70. The maximum absolute atomic E-state index is 12.6. The van der Waals surface area contributed by atoms with Crippen LogP contribution in [0.25, 0.3) is 0 Å². The van der Waals surface area contributed by atoms with Crippen LogP contribution in [0.15, 0.2) is 30.6 Å². The number of nitrogens with zero attached hydrogens (tertiary/aromatic N) is 2. The molecule has 100 valence electrons. The number of para-hydroxylation sites is 1. The van der Waals surface area contributed by atoms with Gasteiger partial charge in [0.05, 0.1) is 10.6 Å². The summed E-state index contributed by atoms with van der Waals surface area (Å²) in [6, 6.07) is 4.66. The third-order valence-electron chi connectivity index (χ3n) is 2.43. The smallest absolute Gasteiger partial charge is 0.320 e. The second kappa shape index (κ2) is 5.79. The molecule has 1 aromatic heterocycles. The van der Waals surface area contributed by atoms with Crippen molar-refractivity contribution in [3.63, 3.8) is 0 Å². The summed E-state index contributed by atoms with van der Waals surface area (Å²) in [6.07, 6.45) is 2.98. The normalized spacial score (nSPS) is 10.7. The van der Waals surface area contributed by atoms with Gasteiger partial charge in [0, 0.05) is 12.4 Å². The number of hydrogen-bond donors (Lipinski definition) is 0. The molecule has 0 aliphatic rings. The lowest BCUT2D eigenvalue weighted by Crippen LogP contribution is -2.08. The molecule has 4 nitrogen and oxygen atoms in total. The van der Waals surface area contributed by atoms with E-state index in [1.165, 1.54) is 12.3 Å². The Morgan fingerprint density at radius 2 is 2.26 bits per heavy atom. The molecule has 0 saturated carbocycles. The zero-order chi connectivity index (χ0) is 13.8. The summed E-state index contributed by atoms with van der Waals surface area (Å²) in [4.78, 5) is 14.6. The van der Waals surface area contributed by atoms with Crippen LogP contribution in [0.4, 0.5) is 8.78 Å². The Morgan fingerprint density at radius 1 is 1.47 bits per heavy atom. The average Bonchev–Trinajstić information content (AvgIpc) is 2.85. The second-order valence-electron chi connectivity index (χ2n) is 3.59. The number of alkyl halides is 2. The lowest BCUT2D eigenvalue weighted by Gasteiger charge is -2.11. The van der Waals surface area contributed by atoms with E-state index >= 15 is 0 Å². The van der Waals surface area contributed by atoms with E-state index in [0.29, 0.717) is 10.9 Å². The molecule has 0 aliphatic heterocycles. The molecule has 0 bridgehead atoms. The summed E-state index contributed by atoms with van der Waals surface area (Å²) in [7, 11) is 0. The van der Waals surface area contributed by atoms with Gasteiger partial charge in [-0.1, -0.05) is 17.7 Å². The largest absolute Gasteiger partial charge is 0.483 e. The second-order valence-corrected chi connectivity index (χ2v) is 4.00. The molecule has 0 unspecified atom stereocenters. The summed E-state index contributed by atoms with van der Waals surface area (Å²) in [5, 5.41) is 0.236. The lowest BCUT2D eigenvalue weighted by atomic mass is 10.2. The van der Waals surface area contributed by atoms with E-state index in [2.05, 4.69) is 4.98 Å². The van der Waals surface area contributed by atoms with Crippen LogP contribution in [-0.4, -0.2) is 15.8 Å². The van der Waals surface area contributed by atoms with Crippen LogP contribution in [0.2, 0.25) is 5.02 Å². The highest BCUT2D eigenvalue weighted by Crippen LogP contribution is 2.28. The van der Waals surface area contributed by atoms with Crippen molar-refractivity contribution in [2.75, 3.05) is 0 Å². The number of aromatic nitrogens is 2. The van der Waals surface area contributed by atoms with Crippen molar-refractivity contribution in [1.82, 2.24) is 9.55 Å². The predicted molar refractivity (Wildman–Crippen MR) is 64.7 cm³/mol. The monoisotopic (exact) mass is 286 g/mol. The molecule has 0 amide bonds. The van der Waals surface area contributed by atoms with E-state index in [1.54, 1.807) is 12.1 Å². The number of hydrogen-bond acceptors (Lipinski definition) is 3. The van der Waals surface area contributed by atoms with E-state index in [9.17, 15) is 13.6 Å². The SMILES string of the molecule is O=Cc1cccc(Cl)c1OCc1nccn1C(F)F. The molecule has 19 heavy (non-hydrogen) atoms. The highest BCUT2D eigenvalue weighted by molar-refractivity contribution is 6.32. The first kappa shape index (κ1) is 13.5. The number of aldehydes is 1. The van der Waals surface area contributed by atoms with Gasteiger partial charge in [0.25, 0.3) is 0 Å². The highest BCUT2D eigenvalue weighted by atomic mass is 35.5. The molecule has 0 aliphatic carbocycles. The van der Waals surface area contributed by atoms with Gasteiger partial charge in [-0.15, -0.1) is 0 Å². The molecule has 1 heterocycles. The number of imidazole rings is 1. The zero-order valence-electron chi connectivity index (χ0n) is 9.59. The van der Waals surface area contributed by atoms with Gasteiger partial charge >= 0.3 is 6.55 Å². The lowest BCUT2D eigenvalue weighted by molar-refractivity contribution is 0.0631. The minimum Gasteiger partial charge on any atom is -0.483 e. The van der Waals surface area contributed by atoms with Gasteiger partial charge in [0.1, 0.15) is 12.4 Å². The molecule has 0 atom stereocenters. The van der Waals surface area contributed by atoms with Gasteiger partial charge < -0.3 is 4.74 Å². The van der Waals surface area contributed by atoms with E-state index in [0.717, 1.165) is 6.20 Å². The topological polar surface area (TPSA) is 44.1 Å². The van der Waals surface area contributed by atoms with Crippen LogP contribution in [0, 0.1) is 0 Å². The van der Waals surface area contributed by atoms with Crippen LogP contribution in [0.5, 0.6) is 5.75 Å². The number of carbonyl (C=O) groups excluding carboxylic acids is 1. The Bertz CT molecular complexity index is 587. The van der Waals surface area contributed by atoms with Crippen LogP contribution in [0.1, 0.15) is 22.7 Å². The molecular formula is C12H9ClF2N2O2. The summed E-state index contributed by atoms with van der Waals surface area (Å²) in [6.45, 7) is -2.90. The maximum Gasteiger partial charge on any atom is 0.320 e. The summed E-state index contributed by atoms with van der Waals surface area (Å²) >= 11 is 5.89. The van der Waals surface area contributed by atoms with Crippen molar-refractivity contribution in [3.05, 3.63) is 47.0 Å². The summed E-state index contributed by atoms with van der Waals surface area (Å²) in [5.41, 5.74) is 0.252. The Labute approximate surface area is 112 Å². The fourth-order valence-corrected chi connectivity index (χ4v) is 1.78. The van der Waals surface area contributed by atoms with Crippen molar-refractivity contribution in [2.45, 2.75) is 13.2 Å². The van der Waals surface area contributed by atoms with Crippen molar-refractivity contribution in [1.29, 1.82) is 0 Å². The van der Waals surface area contributed by atoms with Crippen LogP contribution in [-0.2, 0) is 6.61 Å². The molecule has 1 aromatic carbocycles. The van der Waals surface area contributed by atoms with Gasteiger partial charge in [-0.2, -0.15) is 8.78 Å². The number of benzene rings is 1. The zero-order valence-corrected chi connectivity index (χ0v) is 10.3. The van der Waals surface area contributed by atoms with Crippen molar-refractivity contribution < 1.29 is 18.3 Å². The van der Waals surface area contributed by atoms with Crippen molar-refractivity contribution in [3.8, 4) is 5.75 Å². The molecule has 2 aromatic rings. The Morgan fingerprint density at radius 3 is 2.95 bits per heavy atom. The molecular weight excluding hydrogens is 278 g/mol. The number of carbonyl (C=O) groups is 1. The van der Waals surface area contributed by atoms with Gasteiger partial charge in [-0.05, 0) is 12.1 Å². The number of halogens is 3. The third kappa shape index (κ3) is 2.90. The molecule has 0 fully saturated rings. The Hall–Kier alpha value is -1.95. The first-order valence-electron chi connectivity index (χ1n) is 5.30. The van der Waals surface area contributed by atoms with Crippen molar-refractivity contribution >= 4 is 17.9 Å². The molecule has 7 heteroatoms. The van der Waals surface area contributed by atoms with Crippen LogP contribution < -0.4 is 4.74 Å². The summed E-state index contributed by atoms with van der Waals surface area (Å²) < 4.78 is 31.2. The van der Waals surface area contributed by atoms with E-state index in [-0.39, 0.29) is 28.8 Å². The summed E-state index contributed by atoms with van der Waals surface area (Å²) in [5.74, 6) is 0.203. The van der Waals surface area contributed by atoms with Crippen LogP contribution in [0.3, 0.4) is 0 Å². The third-order valence-corrected chi connectivity index (χ3v) is 2.73. The van der Waals surface area contributed by atoms with Gasteiger partial charge in [0.15, 0.2) is 12.1 Å². The number of rotatable bonds is 5. The first-order valence-corrected chi connectivity index (χ1v) is 5.67. The van der Waals surface area contributed by atoms with Gasteiger partial charge in [-0.3, -0.25) is 9.36 Å². The first-order chi connectivity index (χ1) is 9.13. The van der Waals surface area contributed by atoms with Gasteiger partial charge in [-0.25, -0.2) is 4.98 Å². The minimum absolute atomic E-state index is 0.0479. The van der Waals surface area contributed by atoms with Gasteiger partial charge in [0.2, 0.25) is 0 Å². The fraction of sp³-hybridized carbons (Fsp3) is 0.167. The van der Waals surface area contributed by atoms with E-state index in [4.69, 9.17) is 16.3 Å². The van der Waals surface area contributed by atoms with E-state index in [1.807, 2.05) is 0 Å². The maximum atomic E-state index is 12.6. The molecule has 0 spiro atoms. The molecule has 0 saturated heterocycles. The quantitative estimate of drug-likeness (QED) is 0.792. The standard InChI is InChI=1S/C12H9ClF2N2O2/c13-9-3-1-2-8(6-18)11(9)19-7-10-16-4-5-17(10)12(14)15/h1-6,12H,7H2. The van der Waals surface area contributed by atoms with Crippen LogP contribution >= 0.6 is 11.6 Å². The predicted octanol–water partition coefficient (Wildman–Crippen LogP) is 3.32. The molecule has 0 radical (unpaired) electrons. The Balaban J connectivity index is 2.19. The van der Waals surface area contributed by atoms with E-state index < -0.39 is 6.55 Å². The molecule has 2 rings (SSSR count). The fourth-order valence-electron chi connectivity index (χ4n) is 1.54. The number of ether oxygens (including phenoxy) is 1.